The number of thiol groups is 1. The Bertz CT molecular complexity index is 77.1. The molecular formula is C4H11N2OS2-. The molecule has 1 heterocycles. The van der Waals surface area contributed by atoms with Crippen LogP contribution >= 0.6 is 11.8 Å². The van der Waals surface area contributed by atoms with Crippen molar-refractivity contribution < 1.29 is 4.21 Å². The number of thioether (sulfide) groups is 1. The summed E-state index contributed by atoms with van der Waals surface area (Å²) < 4.78 is 14.2. The Hall–Kier alpha value is 0.260. The van der Waals surface area contributed by atoms with Gasteiger partial charge in [0.05, 0.1) is 0 Å². The van der Waals surface area contributed by atoms with Crippen LogP contribution in [-0.2, 0) is 15.7 Å². The fourth-order valence-corrected chi connectivity index (χ4v) is 1.30. The van der Waals surface area contributed by atoms with Gasteiger partial charge in [0.1, 0.15) is 0 Å². The highest BCUT2D eigenvalue weighted by Gasteiger charge is 1.93. The van der Waals surface area contributed by atoms with Crippen LogP contribution in [0.25, 0.3) is 0 Å². The molecular weight excluding hydrogens is 156 g/mol. The van der Waals surface area contributed by atoms with Gasteiger partial charge in [-0.25, -0.2) is 11.5 Å². The molecule has 0 saturated carbocycles. The van der Waals surface area contributed by atoms with Crippen LogP contribution in [0, 0.1) is 4.78 Å². The molecule has 2 N–H and O–H groups in total. The minimum absolute atomic E-state index is 0.583. The molecule has 1 aliphatic rings. The van der Waals surface area contributed by atoms with E-state index in [1.807, 2.05) is 11.8 Å². The van der Waals surface area contributed by atoms with Gasteiger partial charge >= 0.3 is 0 Å². The van der Waals surface area contributed by atoms with Gasteiger partial charge in [-0.05, 0) is 0 Å². The van der Waals surface area contributed by atoms with Crippen molar-refractivity contribution in [1.29, 1.82) is 4.78 Å². The summed E-state index contributed by atoms with van der Waals surface area (Å²) in [6, 6.07) is 0. The van der Waals surface area contributed by atoms with Crippen molar-refractivity contribution in [2.75, 3.05) is 24.6 Å². The van der Waals surface area contributed by atoms with E-state index in [-0.39, 0.29) is 0 Å². The maximum Gasteiger partial charge on any atom is 0.00585 e. The van der Waals surface area contributed by atoms with Crippen LogP contribution in [0.1, 0.15) is 0 Å². The van der Waals surface area contributed by atoms with Crippen LogP contribution in [-0.4, -0.2) is 24.6 Å². The van der Waals surface area contributed by atoms with Crippen molar-refractivity contribution in [3.8, 4) is 0 Å². The van der Waals surface area contributed by atoms with Gasteiger partial charge in [0.2, 0.25) is 0 Å². The molecule has 0 aliphatic carbocycles. The second kappa shape index (κ2) is 8.26. The lowest BCUT2D eigenvalue weighted by molar-refractivity contribution is 0.608. The lowest BCUT2D eigenvalue weighted by Crippen LogP contribution is -2.24. The first-order valence-corrected chi connectivity index (χ1v) is 4.66. The highest BCUT2D eigenvalue weighted by Crippen LogP contribution is 1.99. The molecule has 5 heteroatoms. The van der Waals surface area contributed by atoms with E-state index in [1.54, 1.807) is 0 Å². The molecule has 0 aromatic heterocycles. The summed E-state index contributed by atoms with van der Waals surface area (Å²) in [4.78, 5) is 0. The number of hydrogen-bond acceptors (Lipinski definition) is 5. The molecule has 0 radical (unpaired) electrons. The molecule has 0 unspecified atom stereocenters. The average Bonchev–Trinajstić information content (AvgIpc) is 1.93. The van der Waals surface area contributed by atoms with Crippen LogP contribution < -0.4 is 5.32 Å². The zero-order chi connectivity index (χ0) is 6.95. The van der Waals surface area contributed by atoms with Gasteiger partial charge < -0.3 is 14.3 Å². The zero-order valence-electron chi connectivity index (χ0n) is 5.09. The van der Waals surface area contributed by atoms with Gasteiger partial charge in [-0.2, -0.15) is 11.8 Å². The minimum atomic E-state index is -0.583. The van der Waals surface area contributed by atoms with Gasteiger partial charge in [-0.3, -0.25) is 0 Å². The van der Waals surface area contributed by atoms with E-state index in [0.29, 0.717) is 0 Å². The van der Waals surface area contributed by atoms with Crippen LogP contribution in [0.5, 0.6) is 0 Å². The van der Waals surface area contributed by atoms with Crippen LogP contribution in [0.3, 0.4) is 0 Å². The molecule has 1 saturated heterocycles. The molecule has 0 atom stereocenters. The Labute approximate surface area is 62.6 Å². The van der Waals surface area contributed by atoms with Gasteiger partial charge in [0.15, 0.2) is 0 Å². The monoisotopic (exact) mass is 167 g/mol. The van der Waals surface area contributed by atoms with Crippen molar-refractivity contribution in [3.63, 3.8) is 0 Å². The first-order valence-electron chi connectivity index (χ1n) is 2.69. The first-order chi connectivity index (χ1) is 4.41. The summed E-state index contributed by atoms with van der Waals surface area (Å²) in [5.74, 6) is 2.61. The topological polar surface area (TPSA) is 53.0 Å². The van der Waals surface area contributed by atoms with Gasteiger partial charge in [0.25, 0.3) is 0 Å². The van der Waals surface area contributed by atoms with Crippen molar-refractivity contribution in [3.05, 3.63) is 0 Å². The summed E-state index contributed by atoms with van der Waals surface area (Å²) in [5, 5.41) is 3.26. The smallest absolute Gasteiger partial charge is 0.00585 e. The van der Waals surface area contributed by atoms with Gasteiger partial charge in [0, 0.05) is 24.6 Å². The molecule has 1 rings (SSSR count). The van der Waals surface area contributed by atoms with Crippen LogP contribution in [0.15, 0.2) is 0 Å². The molecule has 3 nitrogen and oxygen atoms in total. The van der Waals surface area contributed by atoms with Crippen molar-refractivity contribution in [1.82, 2.24) is 5.32 Å². The van der Waals surface area contributed by atoms with E-state index in [4.69, 9.17) is 8.99 Å². The highest BCUT2D eigenvalue weighted by molar-refractivity contribution is 7.99. The van der Waals surface area contributed by atoms with E-state index in [2.05, 4.69) is 5.32 Å². The maximum absolute atomic E-state index is 8.57. The summed E-state index contributed by atoms with van der Waals surface area (Å²) in [5.41, 5.74) is 0. The molecule has 0 spiro atoms. The van der Waals surface area contributed by atoms with E-state index < -0.39 is 11.5 Å². The molecule has 1 aliphatic heterocycles. The van der Waals surface area contributed by atoms with Crippen molar-refractivity contribution >= 4 is 23.2 Å². The molecule has 0 aromatic carbocycles. The second-order valence-electron chi connectivity index (χ2n) is 1.45. The summed E-state index contributed by atoms with van der Waals surface area (Å²) in [6.45, 7) is 2.43. The quantitative estimate of drug-likeness (QED) is 0.401. The first kappa shape index (κ1) is 9.26. The molecule has 56 valence electrons. The Morgan fingerprint density at radius 2 is 1.89 bits per heavy atom. The molecule has 9 heavy (non-hydrogen) atoms. The van der Waals surface area contributed by atoms with E-state index in [9.17, 15) is 0 Å². The fourth-order valence-electron chi connectivity index (χ4n) is 0.516. The zero-order valence-corrected chi connectivity index (χ0v) is 6.80. The number of hydrogen-bond donors (Lipinski definition) is 2. The van der Waals surface area contributed by atoms with Crippen LogP contribution in [0.4, 0.5) is 0 Å². The predicted octanol–water partition coefficient (Wildman–Crippen LogP) is 0.232. The largest absolute Gasteiger partial charge is 0.448 e. The van der Waals surface area contributed by atoms with E-state index >= 15 is 0 Å². The normalized spacial score (nSPS) is 17.8. The lowest BCUT2D eigenvalue weighted by Gasteiger charge is -2.08. The van der Waals surface area contributed by atoms with Gasteiger partial charge in [-0.15, -0.1) is 0 Å². The SMILES string of the molecule is C1CSCCN1.N=[SH-]=O. The minimum Gasteiger partial charge on any atom is -0.448 e. The Morgan fingerprint density at radius 3 is 2.00 bits per heavy atom. The summed E-state index contributed by atoms with van der Waals surface area (Å²) >= 11 is 1.45. The van der Waals surface area contributed by atoms with E-state index in [0.717, 1.165) is 0 Å². The summed E-state index contributed by atoms with van der Waals surface area (Å²) in [7, 11) is 0. The van der Waals surface area contributed by atoms with Crippen molar-refractivity contribution in [2.24, 2.45) is 0 Å². The molecule has 0 aromatic rings. The maximum atomic E-state index is 8.57. The Balaban J connectivity index is 0.000000187. The molecule has 1 fully saturated rings. The highest BCUT2D eigenvalue weighted by atomic mass is 32.2. The van der Waals surface area contributed by atoms with Crippen LogP contribution in [0.2, 0.25) is 0 Å². The molecule has 0 bridgehead atoms. The van der Waals surface area contributed by atoms with Gasteiger partial charge in [-0.1, -0.05) is 0 Å². The third-order valence-corrected chi connectivity index (χ3v) is 1.83. The number of rotatable bonds is 0. The summed E-state index contributed by atoms with van der Waals surface area (Å²) in [6.07, 6.45) is 0. The lowest BCUT2D eigenvalue weighted by atomic mass is 10.6. The standard InChI is InChI=1S/C4H9NS.H2NOS/c1-3-6-4-2-5-1;1-3-2/h5H,1-4H2;1,3H/q;-1. The number of nitrogens with one attached hydrogen (secondary N) is 2. The second-order valence-corrected chi connectivity index (χ2v) is 2.86. The third kappa shape index (κ3) is 8.26. The Morgan fingerprint density at radius 1 is 1.44 bits per heavy atom. The average molecular weight is 167 g/mol. The van der Waals surface area contributed by atoms with E-state index in [1.165, 1.54) is 24.6 Å². The molecule has 0 amide bonds. The third-order valence-electron chi connectivity index (χ3n) is 0.846. The predicted molar refractivity (Wildman–Crippen MR) is 42.4 cm³/mol. The fraction of sp³-hybridized carbons (Fsp3) is 1.00. The Kier molecular flexibility index (Phi) is 8.50. The van der Waals surface area contributed by atoms with Crippen molar-refractivity contribution in [2.45, 2.75) is 0 Å².